The zero-order chi connectivity index (χ0) is 18.4. The lowest BCUT2D eigenvalue weighted by Gasteiger charge is -2.18. The van der Waals surface area contributed by atoms with Gasteiger partial charge in [-0.15, -0.1) is 0 Å². The number of carboxylic acids is 1. The molecule has 1 fully saturated rings. The fourth-order valence-corrected chi connectivity index (χ4v) is 2.07. The fraction of sp³-hybridized carbons (Fsp3) is 0.500. The second-order valence-corrected chi connectivity index (χ2v) is 6.87. The fourth-order valence-electron chi connectivity index (χ4n) is 2.07. The number of anilines is 1. The van der Waals surface area contributed by atoms with Gasteiger partial charge in [0, 0.05) is 24.2 Å². The standard InChI is InChI=1S/C18H24N2O5/c1-18(2,17(23)24)8-9-19-15(21)11-25-14-5-3-4-13(10-14)20-16(22)12-6-7-12/h3-5,10,12H,6-9,11H2,1-2H3,(H,19,21)(H,20,22)(H,23,24). The molecule has 3 N–H and O–H groups in total. The number of benzene rings is 1. The molecule has 1 saturated carbocycles. The number of carboxylic acid groups (broad SMARTS) is 1. The average molecular weight is 348 g/mol. The summed E-state index contributed by atoms with van der Waals surface area (Å²) in [7, 11) is 0. The molecule has 1 aliphatic carbocycles. The topological polar surface area (TPSA) is 105 Å². The summed E-state index contributed by atoms with van der Waals surface area (Å²) in [5, 5.41) is 14.5. The summed E-state index contributed by atoms with van der Waals surface area (Å²) in [5.74, 6) is -0.618. The minimum atomic E-state index is -0.900. The molecule has 2 amide bonds. The number of aliphatic carboxylic acids is 1. The molecule has 25 heavy (non-hydrogen) atoms. The van der Waals surface area contributed by atoms with Crippen molar-refractivity contribution in [2.45, 2.75) is 33.1 Å². The third-order valence-corrected chi connectivity index (χ3v) is 4.07. The van der Waals surface area contributed by atoms with E-state index in [4.69, 9.17) is 9.84 Å². The summed E-state index contributed by atoms with van der Waals surface area (Å²) in [6.07, 6.45) is 2.19. The number of carbonyl (C=O) groups is 3. The van der Waals surface area contributed by atoms with Crippen LogP contribution >= 0.6 is 0 Å². The Labute approximate surface area is 146 Å². The van der Waals surface area contributed by atoms with Crippen LogP contribution in [0.2, 0.25) is 0 Å². The van der Waals surface area contributed by atoms with Gasteiger partial charge in [-0.25, -0.2) is 0 Å². The molecule has 7 nitrogen and oxygen atoms in total. The second kappa shape index (κ2) is 8.00. The predicted molar refractivity (Wildman–Crippen MR) is 92.3 cm³/mol. The highest BCUT2D eigenvalue weighted by Crippen LogP contribution is 2.30. The van der Waals surface area contributed by atoms with Crippen LogP contribution in [0.3, 0.4) is 0 Å². The van der Waals surface area contributed by atoms with Gasteiger partial charge >= 0.3 is 5.97 Å². The Morgan fingerprint density at radius 3 is 2.64 bits per heavy atom. The van der Waals surface area contributed by atoms with Gasteiger partial charge in [-0.2, -0.15) is 0 Å². The van der Waals surface area contributed by atoms with E-state index in [1.165, 1.54) is 0 Å². The van der Waals surface area contributed by atoms with Crippen LogP contribution in [0.1, 0.15) is 33.1 Å². The molecule has 7 heteroatoms. The Bertz CT molecular complexity index is 653. The summed E-state index contributed by atoms with van der Waals surface area (Å²) in [5.41, 5.74) is -0.250. The molecule has 0 spiro atoms. The van der Waals surface area contributed by atoms with E-state index in [1.54, 1.807) is 38.1 Å². The lowest BCUT2D eigenvalue weighted by atomic mass is 9.90. The lowest BCUT2D eigenvalue weighted by molar-refractivity contribution is -0.147. The van der Waals surface area contributed by atoms with E-state index in [2.05, 4.69) is 10.6 Å². The Kier molecular flexibility index (Phi) is 6.01. The molecule has 0 heterocycles. The van der Waals surface area contributed by atoms with Gasteiger partial charge in [-0.1, -0.05) is 6.07 Å². The maximum Gasteiger partial charge on any atom is 0.309 e. The molecule has 2 rings (SSSR count). The van der Waals surface area contributed by atoms with Crippen LogP contribution in [-0.2, 0) is 14.4 Å². The van der Waals surface area contributed by atoms with Crippen molar-refractivity contribution in [2.24, 2.45) is 11.3 Å². The van der Waals surface area contributed by atoms with Crippen molar-refractivity contribution in [1.29, 1.82) is 0 Å². The van der Waals surface area contributed by atoms with E-state index in [0.29, 0.717) is 17.9 Å². The third kappa shape index (κ3) is 6.10. The van der Waals surface area contributed by atoms with Crippen LogP contribution in [0.15, 0.2) is 24.3 Å². The van der Waals surface area contributed by atoms with Gasteiger partial charge in [0.2, 0.25) is 5.91 Å². The molecule has 0 aromatic heterocycles. The van der Waals surface area contributed by atoms with Crippen molar-refractivity contribution in [1.82, 2.24) is 5.32 Å². The molecule has 0 aliphatic heterocycles. The number of hydrogen-bond acceptors (Lipinski definition) is 4. The molecule has 0 saturated heterocycles. The number of carbonyl (C=O) groups excluding carboxylic acids is 2. The molecular formula is C18H24N2O5. The highest BCUT2D eigenvalue weighted by molar-refractivity contribution is 5.94. The normalized spacial score (nSPS) is 13.8. The van der Waals surface area contributed by atoms with Gasteiger partial charge in [0.1, 0.15) is 5.75 Å². The van der Waals surface area contributed by atoms with Gasteiger partial charge < -0.3 is 20.5 Å². The van der Waals surface area contributed by atoms with Gasteiger partial charge in [-0.05, 0) is 45.2 Å². The number of nitrogens with one attached hydrogen (secondary N) is 2. The Morgan fingerprint density at radius 1 is 1.28 bits per heavy atom. The molecule has 0 radical (unpaired) electrons. The Hall–Kier alpha value is -2.57. The van der Waals surface area contributed by atoms with Gasteiger partial charge in [0.25, 0.3) is 5.91 Å². The molecule has 136 valence electrons. The molecule has 0 atom stereocenters. The first-order chi connectivity index (χ1) is 11.8. The molecular weight excluding hydrogens is 324 g/mol. The van der Waals surface area contributed by atoms with Gasteiger partial charge in [-0.3, -0.25) is 14.4 Å². The van der Waals surface area contributed by atoms with E-state index < -0.39 is 11.4 Å². The van der Waals surface area contributed by atoms with E-state index >= 15 is 0 Å². The Balaban J connectivity index is 1.74. The monoisotopic (exact) mass is 348 g/mol. The minimum absolute atomic E-state index is 0.0101. The van der Waals surface area contributed by atoms with Crippen molar-refractivity contribution in [3.8, 4) is 5.75 Å². The quantitative estimate of drug-likeness (QED) is 0.633. The first-order valence-corrected chi connectivity index (χ1v) is 8.32. The van der Waals surface area contributed by atoms with E-state index in [9.17, 15) is 14.4 Å². The molecule has 1 aliphatic rings. The van der Waals surface area contributed by atoms with Crippen molar-refractivity contribution in [2.75, 3.05) is 18.5 Å². The van der Waals surface area contributed by atoms with Crippen molar-refractivity contribution in [3.05, 3.63) is 24.3 Å². The van der Waals surface area contributed by atoms with Crippen LogP contribution in [0, 0.1) is 11.3 Å². The smallest absolute Gasteiger partial charge is 0.309 e. The summed E-state index contributed by atoms with van der Waals surface area (Å²) < 4.78 is 5.42. The lowest BCUT2D eigenvalue weighted by Crippen LogP contribution is -2.34. The Morgan fingerprint density at radius 2 is 2.00 bits per heavy atom. The zero-order valence-corrected chi connectivity index (χ0v) is 14.5. The number of hydrogen-bond donors (Lipinski definition) is 3. The van der Waals surface area contributed by atoms with E-state index in [0.717, 1.165) is 12.8 Å². The first kappa shape index (κ1) is 18.8. The highest BCUT2D eigenvalue weighted by atomic mass is 16.5. The maximum absolute atomic E-state index is 11.8. The van der Waals surface area contributed by atoms with Crippen LogP contribution in [0.5, 0.6) is 5.75 Å². The molecule has 1 aromatic carbocycles. The van der Waals surface area contributed by atoms with Crippen molar-refractivity contribution in [3.63, 3.8) is 0 Å². The summed E-state index contributed by atoms with van der Waals surface area (Å²) in [6, 6.07) is 6.88. The zero-order valence-electron chi connectivity index (χ0n) is 14.5. The average Bonchev–Trinajstić information content (AvgIpc) is 3.38. The SMILES string of the molecule is CC(C)(CCNC(=O)COc1cccc(NC(=O)C2CC2)c1)C(=O)O. The van der Waals surface area contributed by atoms with Crippen LogP contribution < -0.4 is 15.4 Å². The first-order valence-electron chi connectivity index (χ1n) is 8.32. The van der Waals surface area contributed by atoms with Crippen molar-refractivity contribution < 1.29 is 24.2 Å². The number of ether oxygens (including phenoxy) is 1. The summed E-state index contributed by atoms with van der Waals surface area (Å²) in [6.45, 7) is 3.31. The second-order valence-electron chi connectivity index (χ2n) is 6.87. The van der Waals surface area contributed by atoms with E-state index in [1.807, 2.05) is 0 Å². The third-order valence-electron chi connectivity index (χ3n) is 4.07. The number of amides is 2. The largest absolute Gasteiger partial charge is 0.484 e. The number of rotatable bonds is 9. The molecule has 1 aromatic rings. The summed E-state index contributed by atoms with van der Waals surface area (Å²) >= 11 is 0. The van der Waals surface area contributed by atoms with Crippen LogP contribution in [-0.4, -0.2) is 36.0 Å². The van der Waals surface area contributed by atoms with E-state index in [-0.39, 0.29) is 30.9 Å². The minimum Gasteiger partial charge on any atom is -0.484 e. The predicted octanol–water partition coefficient (Wildman–Crippen LogP) is 2.03. The summed E-state index contributed by atoms with van der Waals surface area (Å²) in [4.78, 5) is 34.5. The highest BCUT2D eigenvalue weighted by Gasteiger charge is 2.29. The molecule has 0 unspecified atom stereocenters. The van der Waals surface area contributed by atoms with Gasteiger partial charge in [0.05, 0.1) is 5.41 Å². The maximum atomic E-state index is 11.8. The van der Waals surface area contributed by atoms with Crippen molar-refractivity contribution >= 4 is 23.5 Å². The van der Waals surface area contributed by atoms with Gasteiger partial charge in [0.15, 0.2) is 6.61 Å². The molecule has 0 bridgehead atoms. The van der Waals surface area contributed by atoms with Crippen LogP contribution in [0.4, 0.5) is 5.69 Å². The van der Waals surface area contributed by atoms with Crippen LogP contribution in [0.25, 0.3) is 0 Å².